The number of aromatic nitrogens is 3. The highest BCUT2D eigenvalue weighted by Crippen LogP contribution is 2.26. The van der Waals surface area contributed by atoms with E-state index in [-0.39, 0.29) is 0 Å². The fraction of sp³-hybridized carbons (Fsp3) is 0.105. The standard InChI is InChI=1S/C19H17N3O/c1-14-20-21-13-16(15-8-10-18(23-2)11-9-15)12-19(21)22(14)17-6-4-3-5-7-17/h3-13H,1-2H3. The van der Waals surface area contributed by atoms with Crippen LogP contribution in [0.2, 0.25) is 0 Å². The molecule has 0 aliphatic rings. The molecule has 23 heavy (non-hydrogen) atoms. The van der Waals surface area contributed by atoms with E-state index < -0.39 is 0 Å². The molecule has 0 bridgehead atoms. The van der Waals surface area contributed by atoms with Crippen LogP contribution >= 0.6 is 0 Å². The highest BCUT2D eigenvalue weighted by atomic mass is 16.5. The summed E-state index contributed by atoms with van der Waals surface area (Å²) in [4.78, 5) is 0. The Morgan fingerprint density at radius 3 is 2.35 bits per heavy atom. The molecule has 0 fully saturated rings. The molecule has 0 aliphatic carbocycles. The Labute approximate surface area is 134 Å². The molecular weight excluding hydrogens is 286 g/mol. The lowest BCUT2D eigenvalue weighted by atomic mass is 10.1. The predicted molar refractivity (Wildman–Crippen MR) is 91.2 cm³/mol. The van der Waals surface area contributed by atoms with Crippen LogP contribution < -0.4 is 4.74 Å². The molecule has 0 aliphatic heterocycles. The molecule has 0 amide bonds. The summed E-state index contributed by atoms with van der Waals surface area (Å²) in [5, 5.41) is 4.62. The van der Waals surface area contributed by atoms with Gasteiger partial charge in [0.1, 0.15) is 17.2 Å². The number of hydrogen-bond acceptors (Lipinski definition) is 2. The second kappa shape index (κ2) is 5.32. The van der Waals surface area contributed by atoms with Crippen LogP contribution in [0.25, 0.3) is 22.5 Å². The third-order valence-electron chi connectivity index (χ3n) is 4.02. The summed E-state index contributed by atoms with van der Waals surface area (Å²) in [7, 11) is 1.68. The maximum atomic E-state index is 5.22. The minimum Gasteiger partial charge on any atom is -0.497 e. The molecule has 4 rings (SSSR count). The molecule has 0 saturated heterocycles. The van der Waals surface area contributed by atoms with Gasteiger partial charge in [-0.1, -0.05) is 30.3 Å². The number of aryl methyl sites for hydroxylation is 1. The zero-order chi connectivity index (χ0) is 15.8. The first-order chi connectivity index (χ1) is 11.3. The smallest absolute Gasteiger partial charge is 0.140 e. The summed E-state index contributed by atoms with van der Waals surface area (Å²) >= 11 is 0. The molecule has 2 aromatic heterocycles. The predicted octanol–water partition coefficient (Wildman–Crippen LogP) is 4.11. The lowest BCUT2D eigenvalue weighted by Gasteiger charge is -2.04. The zero-order valence-corrected chi connectivity index (χ0v) is 13.1. The van der Waals surface area contributed by atoms with Crippen LogP contribution in [-0.4, -0.2) is 21.3 Å². The number of nitrogens with zero attached hydrogens (tertiary/aromatic N) is 3. The molecule has 114 valence electrons. The van der Waals surface area contributed by atoms with E-state index in [1.165, 1.54) is 0 Å². The van der Waals surface area contributed by atoms with Gasteiger partial charge < -0.3 is 4.74 Å². The average Bonchev–Trinajstić information content (AvgIpc) is 3.12. The van der Waals surface area contributed by atoms with Crippen LogP contribution in [0.1, 0.15) is 5.82 Å². The minimum atomic E-state index is 0.861. The molecule has 0 saturated carbocycles. The Hall–Kier alpha value is -3.01. The largest absolute Gasteiger partial charge is 0.497 e. The molecule has 4 aromatic rings. The molecule has 2 aromatic carbocycles. The lowest BCUT2D eigenvalue weighted by molar-refractivity contribution is 0.415. The summed E-state index contributed by atoms with van der Waals surface area (Å²) in [5.41, 5.74) is 4.46. The first-order valence-electron chi connectivity index (χ1n) is 7.54. The van der Waals surface area contributed by atoms with Gasteiger partial charge in [0.15, 0.2) is 0 Å². The van der Waals surface area contributed by atoms with E-state index >= 15 is 0 Å². The summed E-state index contributed by atoms with van der Waals surface area (Å²) in [5.74, 6) is 1.83. The molecule has 0 unspecified atom stereocenters. The summed E-state index contributed by atoms with van der Waals surface area (Å²) in [6.45, 7) is 2.02. The zero-order valence-electron chi connectivity index (χ0n) is 13.1. The van der Waals surface area contributed by atoms with Crippen molar-refractivity contribution in [1.82, 2.24) is 14.2 Å². The Balaban J connectivity index is 1.84. The molecule has 4 heteroatoms. The van der Waals surface area contributed by atoms with E-state index in [4.69, 9.17) is 4.74 Å². The van der Waals surface area contributed by atoms with E-state index in [1.54, 1.807) is 7.11 Å². The van der Waals surface area contributed by atoms with Gasteiger partial charge in [-0.25, -0.2) is 4.52 Å². The number of fused-ring (bicyclic) bond motifs is 1. The number of hydrogen-bond donors (Lipinski definition) is 0. The fourth-order valence-electron chi connectivity index (χ4n) is 2.89. The van der Waals surface area contributed by atoms with E-state index in [9.17, 15) is 0 Å². The van der Waals surface area contributed by atoms with Gasteiger partial charge >= 0.3 is 0 Å². The number of benzene rings is 2. The van der Waals surface area contributed by atoms with Gasteiger partial charge in [0.2, 0.25) is 0 Å². The van der Waals surface area contributed by atoms with Gasteiger partial charge in [-0.15, -0.1) is 0 Å². The fourth-order valence-corrected chi connectivity index (χ4v) is 2.89. The van der Waals surface area contributed by atoms with Gasteiger partial charge in [-0.2, -0.15) is 5.10 Å². The highest BCUT2D eigenvalue weighted by molar-refractivity contribution is 5.70. The van der Waals surface area contributed by atoms with Crippen LogP contribution in [0.4, 0.5) is 0 Å². The molecule has 0 N–H and O–H groups in total. The molecule has 2 heterocycles. The van der Waals surface area contributed by atoms with Gasteiger partial charge in [-0.05, 0) is 42.8 Å². The average molecular weight is 303 g/mol. The van der Waals surface area contributed by atoms with Crippen molar-refractivity contribution in [3.8, 4) is 22.6 Å². The monoisotopic (exact) mass is 303 g/mol. The number of ether oxygens (including phenoxy) is 1. The van der Waals surface area contributed by atoms with Gasteiger partial charge in [0, 0.05) is 17.4 Å². The molecule has 0 radical (unpaired) electrons. The van der Waals surface area contributed by atoms with Crippen LogP contribution in [0.3, 0.4) is 0 Å². The maximum absolute atomic E-state index is 5.22. The maximum Gasteiger partial charge on any atom is 0.140 e. The van der Waals surface area contributed by atoms with Crippen molar-refractivity contribution < 1.29 is 4.74 Å². The van der Waals surface area contributed by atoms with E-state index in [0.717, 1.165) is 34.0 Å². The van der Waals surface area contributed by atoms with Gasteiger partial charge in [0.05, 0.1) is 7.11 Å². The van der Waals surface area contributed by atoms with E-state index in [1.807, 2.05) is 41.8 Å². The van der Waals surface area contributed by atoms with Crippen LogP contribution in [0.15, 0.2) is 66.9 Å². The third-order valence-corrected chi connectivity index (χ3v) is 4.02. The normalized spacial score (nSPS) is 11.0. The summed E-state index contributed by atoms with van der Waals surface area (Å²) < 4.78 is 9.31. The lowest BCUT2D eigenvalue weighted by Crippen LogP contribution is -1.95. The van der Waals surface area contributed by atoms with Crippen molar-refractivity contribution in [2.45, 2.75) is 6.92 Å². The topological polar surface area (TPSA) is 31.5 Å². The molecule has 0 spiro atoms. The van der Waals surface area contributed by atoms with Crippen molar-refractivity contribution in [2.75, 3.05) is 7.11 Å². The van der Waals surface area contributed by atoms with E-state index in [0.29, 0.717) is 0 Å². The van der Waals surface area contributed by atoms with Crippen molar-refractivity contribution in [3.05, 3.63) is 72.7 Å². The van der Waals surface area contributed by atoms with Gasteiger partial charge in [0.25, 0.3) is 0 Å². The molecular formula is C19H17N3O. The SMILES string of the molecule is COc1ccc(-c2cc3n(-c4ccccc4)c(C)nn3c2)cc1. The van der Waals surface area contributed by atoms with Crippen LogP contribution in [0.5, 0.6) is 5.75 Å². The van der Waals surface area contributed by atoms with E-state index in [2.05, 4.69) is 46.2 Å². The Morgan fingerprint density at radius 1 is 0.913 bits per heavy atom. The van der Waals surface area contributed by atoms with Crippen LogP contribution in [0, 0.1) is 6.92 Å². The Kier molecular flexibility index (Phi) is 3.15. The van der Waals surface area contributed by atoms with Crippen molar-refractivity contribution in [3.63, 3.8) is 0 Å². The van der Waals surface area contributed by atoms with Crippen molar-refractivity contribution in [2.24, 2.45) is 0 Å². The van der Waals surface area contributed by atoms with Crippen LogP contribution in [-0.2, 0) is 0 Å². The quantitative estimate of drug-likeness (QED) is 0.570. The molecule has 4 nitrogen and oxygen atoms in total. The van der Waals surface area contributed by atoms with Crippen molar-refractivity contribution >= 4 is 5.65 Å². The van der Waals surface area contributed by atoms with Gasteiger partial charge in [-0.3, -0.25) is 4.57 Å². The first-order valence-corrected chi connectivity index (χ1v) is 7.54. The summed E-state index contributed by atoms with van der Waals surface area (Å²) in [6.07, 6.45) is 2.06. The Morgan fingerprint density at radius 2 is 1.65 bits per heavy atom. The molecule has 0 atom stereocenters. The number of para-hydroxylation sites is 1. The Bertz CT molecular complexity index is 950. The third kappa shape index (κ3) is 2.28. The summed E-state index contributed by atoms with van der Waals surface area (Å²) in [6, 6.07) is 20.5. The van der Waals surface area contributed by atoms with Crippen molar-refractivity contribution in [1.29, 1.82) is 0 Å². The second-order valence-corrected chi connectivity index (χ2v) is 5.48. The first kappa shape index (κ1) is 13.6. The second-order valence-electron chi connectivity index (χ2n) is 5.48. The number of methoxy groups -OCH3 is 1. The highest BCUT2D eigenvalue weighted by Gasteiger charge is 2.12. The minimum absolute atomic E-state index is 0.861. The number of rotatable bonds is 3.